The smallest absolute Gasteiger partial charge is 0.229 e. The molecular weight excluding hydrogens is 370 g/mol. The van der Waals surface area contributed by atoms with E-state index in [4.69, 9.17) is 4.74 Å². The number of rotatable bonds is 4. The third-order valence-corrected chi connectivity index (χ3v) is 5.50. The second-order valence-corrected chi connectivity index (χ2v) is 7.36. The molecule has 0 bridgehead atoms. The number of nitrogens with one attached hydrogen (secondary N) is 1. The van der Waals surface area contributed by atoms with Gasteiger partial charge in [0.15, 0.2) is 0 Å². The van der Waals surface area contributed by atoms with E-state index < -0.39 is 5.92 Å². The molecule has 0 saturated carbocycles. The zero-order valence-corrected chi connectivity index (χ0v) is 16.5. The lowest BCUT2D eigenvalue weighted by atomic mass is 10.1. The molecule has 29 heavy (non-hydrogen) atoms. The van der Waals surface area contributed by atoms with Crippen molar-refractivity contribution in [2.45, 2.75) is 19.8 Å². The summed E-state index contributed by atoms with van der Waals surface area (Å²) in [5.41, 5.74) is 3.40. The van der Waals surface area contributed by atoms with E-state index in [0.717, 1.165) is 23.4 Å². The minimum atomic E-state index is -0.411. The average molecular weight is 393 g/mol. The van der Waals surface area contributed by atoms with Crippen LogP contribution in [0.25, 0.3) is 0 Å². The maximum atomic E-state index is 12.6. The van der Waals surface area contributed by atoms with Crippen LogP contribution in [-0.4, -0.2) is 37.9 Å². The van der Waals surface area contributed by atoms with E-state index in [-0.39, 0.29) is 24.1 Å². The Hall–Kier alpha value is -3.35. The Balaban J connectivity index is 1.45. The van der Waals surface area contributed by atoms with Crippen LogP contribution in [0.4, 0.5) is 17.1 Å². The number of ether oxygens (including phenoxy) is 1. The molecule has 0 radical (unpaired) electrons. The fourth-order valence-corrected chi connectivity index (χ4v) is 3.93. The van der Waals surface area contributed by atoms with Crippen LogP contribution < -0.4 is 19.9 Å². The van der Waals surface area contributed by atoms with Gasteiger partial charge in [-0.05, 0) is 54.4 Å². The van der Waals surface area contributed by atoms with Crippen molar-refractivity contribution in [3.05, 3.63) is 48.0 Å². The highest BCUT2D eigenvalue weighted by Crippen LogP contribution is 2.34. The first-order valence-corrected chi connectivity index (χ1v) is 9.62. The van der Waals surface area contributed by atoms with Gasteiger partial charge in [0, 0.05) is 43.5 Å². The summed E-state index contributed by atoms with van der Waals surface area (Å²) in [6.45, 7) is 2.56. The third kappa shape index (κ3) is 3.68. The third-order valence-electron chi connectivity index (χ3n) is 5.50. The highest BCUT2D eigenvalue weighted by atomic mass is 16.5. The zero-order valence-electron chi connectivity index (χ0n) is 16.5. The van der Waals surface area contributed by atoms with E-state index in [2.05, 4.69) is 5.32 Å². The first kappa shape index (κ1) is 19.0. The van der Waals surface area contributed by atoms with E-state index in [1.54, 1.807) is 48.1 Å². The van der Waals surface area contributed by atoms with Gasteiger partial charge < -0.3 is 19.9 Å². The van der Waals surface area contributed by atoms with Gasteiger partial charge in [0.05, 0.1) is 13.0 Å². The Bertz CT molecular complexity index is 971. The van der Waals surface area contributed by atoms with Gasteiger partial charge in [0.2, 0.25) is 17.7 Å². The van der Waals surface area contributed by atoms with Gasteiger partial charge in [-0.2, -0.15) is 0 Å². The second kappa shape index (κ2) is 7.58. The topological polar surface area (TPSA) is 79.0 Å². The number of anilines is 3. The maximum absolute atomic E-state index is 12.6. The molecule has 3 amide bonds. The molecule has 1 fully saturated rings. The van der Waals surface area contributed by atoms with E-state index in [9.17, 15) is 14.4 Å². The van der Waals surface area contributed by atoms with Gasteiger partial charge in [-0.15, -0.1) is 0 Å². The van der Waals surface area contributed by atoms with Gasteiger partial charge in [-0.3, -0.25) is 14.4 Å². The van der Waals surface area contributed by atoms with Gasteiger partial charge >= 0.3 is 0 Å². The van der Waals surface area contributed by atoms with E-state index in [0.29, 0.717) is 24.5 Å². The van der Waals surface area contributed by atoms with Crippen LogP contribution in [0.1, 0.15) is 18.9 Å². The van der Waals surface area contributed by atoms with E-state index in [1.807, 2.05) is 18.2 Å². The summed E-state index contributed by atoms with van der Waals surface area (Å²) in [4.78, 5) is 40.3. The van der Waals surface area contributed by atoms with Crippen molar-refractivity contribution in [2.24, 2.45) is 5.92 Å². The van der Waals surface area contributed by atoms with Crippen molar-refractivity contribution in [1.29, 1.82) is 0 Å². The molecule has 1 N–H and O–H groups in total. The predicted molar refractivity (Wildman–Crippen MR) is 110 cm³/mol. The molecule has 2 aliphatic heterocycles. The van der Waals surface area contributed by atoms with Crippen molar-refractivity contribution < 1.29 is 19.1 Å². The molecule has 2 aliphatic rings. The fourth-order valence-electron chi connectivity index (χ4n) is 3.93. The van der Waals surface area contributed by atoms with Crippen LogP contribution in [-0.2, 0) is 20.8 Å². The molecule has 0 aliphatic carbocycles. The summed E-state index contributed by atoms with van der Waals surface area (Å²) in [5, 5.41) is 2.87. The number of nitrogens with zero attached hydrogens (tertiary/aromatic N) is 2. The lowest BCUT2D eigenvalue weighted by Crippen LogP contribution is -2.28. The maximum Gasteiger partial charge on any atom is 0.229 e. The van der Waals surface area contributed by atoms with Crippen LogP contribution in [0.2, 0.25) is 0 Å². The molecule has 2 heterocycles. The summed E-state index contributed by atoms with van der Waals surface area (Å²) in [7, 11) is 1.59. The molecule has 7 nitrogen and oxygen atoms in total. The molecule has 2 aromatic carbocycles. The van der Waals surface area contributed by atoms with Gasteiger partial charge in [-0.25, -0.2) is 0 Å². The van der Waals surface area contributed by atoms with Crippen LogP contribution in [0.15, 0.2) is 42.5 Å². The molecule has 0 spiro atoms. The summed E-state index contributed by atoms with van der Waals surface area (Å²) in [6, 6.07) is 12.8. The summed E-state index contributed by atoms with van der Waals surface area (Å²) >= 11 is 0. The van der Waals surface area contributed by atoms with E-state index in [1.165, 1.54) is 0 Å². The number of amides is 3. The highest BCUT2D eigenvalue weighted by Gasteiger charge is 2.36. The number of carbonyl (C=O) groups excluding carboxylic acids is 3. The van der Waals surface area contributed by atoms with Crippen LogP contribution in [0.3, 0.4) is 0 Å². The zero-order chi connectivity index (χ0) is 20.5. The molecule has 0 aromatic heterocycles. The summed E-state index contributed by atoms with van der Waals surface area (Å²) in [6.07, 6.45) is 0.949. The quantitative estimate of drug-likeness (QED) is 0.866. The largest absolute Gasteiger partial charge is 0.497 e. The Morgan fingerprint density at radius 1 is 1.14 bits per heavy atom. The van der Waals surface area contributed by atoms with Crippen LogP contribution in [0.5, 0.6) is 5.75 Å². The Morgan fingerprint density at radius 2 is 1.90 bits per heavy atom. The van der Waals surface area contributed by atoms with E-state index >= 15 is 0 Å². The van der Waals surface area contributed by atoms with Crippen LogP contribution in [0, 0.1) is 5.92 Å². The molecule has 1 atom stereocenters. The van der Waals surface area contributed by atoms with Gasteiger partial charge in [0.1, 0.15) is 5.75 Å². The standard InChI is InChI=1S/C22H23N3O4/c1-14(26)24-10-9-15-11-18(5-8-20(15)24)25-13-16(12-21(25)27)22(28)23-17-3-6-19(29-2)7-4-17/h3-8,11,16H,9-10,12-13H2,1-2H3,(H,23,28)/t16-/m1/s1. The van der Waals surface area contributed by atoms with Crippen molar-refractivity contribution in [3.63, 3.8) is 0 Å². The first-order chi connectivity index (χ1) is 14.0. The summed E-state index contributed by atoms with van der Waals surface area (Å²) < 4.78 is 5.12. The normalized spacial score (nSPS) is 18.0. The monoisotopic (exact) mass is 393 g/mol. The highest BCUT2D eigenvalue weighted by molar-refractivity contribution is 6.04. The Kier molecular flexibility index (Phi) is 4.96. The van der Waals surface area contributed by atoms with Crippen LogP contribution >= 0.6 is 0 Å². The minimum absolute atomic E-state index is 0.0176. The number of hydrogen-bond acceptors (Lipinski definition) is 4. The Morgan fingerprint density at radius 3 is 2.59 bits per heavy atom. The number of fused-ring (bicyclic) bond motifs is 1. The lowest BCUT2D eigenvalue weighted by molar-refractivity contribution is -0.122. The number of benzene rings is 2. The predicted octanol–water partition coefficient (Wildman–Crippen LogP) is 2.60. The SMILES string of the molecule is COc1ccc(NC(=O)[C@@H]2CC(=O)N(c3ccc4c(c3)CCN4C(C)=O)C2)cc1. The van der Waals surface area contributed by atoms with Crippen molar-refractivity contribution in [2.75, 3.05) is 35.3 Å². The number of carbonyl (C=O) groups is 3. The molecule has 0 unspecified atom stereocenters. The van der Waals surface area contributed by atoms with Crippen molar-refractivity contribution >= 4 is 34.8 Å². The first-order valence-electron chi connectivity index (χ1n) is 9.62. The van der Waals surface area contributed by atoms with Crippen molar-refractivity contribution in [3.8, 4) is 5.75 Å². The molecule has 7 heteroatoms. The average Bonchev–Trinajstić information content (AvgIpc) is 3.31. The minimum Gasteiger partial charge on any atom is -0.497 e. The number of methoxy groups -OCH3 is 1. The molecule has 4 rings (SSSR count). The number of hydrogen-bond donors (Lipinski definition) is 1. The molecular formula is C22H23N3O4. The lowest BCUT2D eigenvalue weighted by Gasteiger charge is -2.19. The molecule has 2 aromatic rings. The molecule has 1 saturated heterocycles. The second-order valence-electron chi connectivity index (χ2n) is 7.36. The Labute approximate surface area is 169 Å². The van der Waals surface area contributed by atoms with Gasteiger partial charge in [0.25, 0.3) is 0 Å². The molecule has 150 valence electrons. The van der Waals surface area contributed by atoms with Gasteiger partial charge in [-0.1, -0.05) is 0 Å². The summed E-state index contributed by atoms with van der Waals surface area (Å²) in [5.74, 6) is 0.0805. The fraction of sp³-hybridized carbons (Fsp3) is 0.318. The van der Waals surface area contributed by atoms with Crippen molar-refractivity contribution in [1.82, 2.24) is 0 Å².